The second-order valence-corrected chi connectivity index (χ2v) is 4.78. The molecule has 0 radical (unpaired) electrons. The van der Waals surface area contributed by atoms with Gasteiger partial charge in [-0.3, -0.25) is 0 Å². The first kappa shape index (κ1) is 14.0. The van der Waals surface area contributed by atoms with Crippen molar-refractivity contribution in [3.63, 3.8) is 0 Å². The monoisotopic (exact) mass is 250 g/mol. The molecule has 0 unspecified atom stereocenters. The SMILES string of the molecule is C=Cc1snc(N(CCC)CCC)c1/C=C\C. The Hall–Kier alpha value is -1.09. The zero-order chi connectivity index (χ0) is 12.7. The van der Waals surface area contributed by atoms with E-state index < -0.39 is 0 Å². The van der Waals surface area contributed by atoms with Crippen molar-refractivity contribution < 1.29 is 0 Å². The highest BCUT2D eigenvalue weighted by atomic mass is 32.1. The highest BCUT2D eigenvalue weighted by Crippen LogP contribution is 2.29. The van der Waals surface area contributed by atoms with Gasteiger partial charge in [0.2, 0.25) is 0 Å². The molecule has 0 amide bonds. The molecule has 0 aromatic carbocycles. The van der Waals surface area contributed by atoms with Gasteiger partial charge in [-0.1, -0.05) is 32.6 Å². The third-order valence-electron chi connectivity index (χ3n) is 2.54. The maximum Gasteiger partial charge on any atom is 0.150 e. The van der Waals surface area contributed by atoms with E-state index in [1.165, 1.54) is 17.1 Å². The molecule has 0 atom stereocenters. The van der Waals surface area contributed by atoms with Crippen LogP contribution < -0.4 is 4.90 Å². The Morgan fingerprint density at radius 1 is 1.29 bits per heavy atom. The minimum absolute atomic E-state index is 1.07. The lowest BCUT2D eigenvalue weighted by Gasteiger charge is -2.22. The number of hydrogen-bond acceptors (Lipinski definition) is 3. The van der Waals surface area contributed by atoms with Crippen LogP contribution in [0.2, 0.25) is 0 Å². The van der Waals surface area contributed by atoms with Crippen molar-refractivity contribution in [2.45, 2.75) is 33.6 Å². The van der Waals surface area contributed by atoms with Crippen LogP contribution in [0.5, 0.6) is 0 Å². The maximum atomic E-state index is 4.59. The minimum atomic E-state index is 1.07. The van der Waals surface area contributed by atoms with Gasteiger partial charge in [-0.05, 0) is 37.4 Å². The summed E-state index contributed by atoms with van der Waals surface area (Å²) in [6, 6.07) is 0. The van der Waals surface area contributed by atoms with Gasteiger partial charge in [0.25, 0.3) is 0 Å². The van der Waals surface area contributed by atoms with Crippen LogP contribution in [-0.4, -0.2) is 17.5 Å². The fourth-order valence-corrected chi connectivity index (χ4v) is 2.59. The summed E-state index contributed by atoms with van der Waals surface area (Å²) in [6.45, 7) is 12.4. The van der Waals surface area contributed by atoms with Crippen molar-refractivity contribution in [3.05, 3.63) is 23.1 Å². The third kappa shape index (κ3) is 3.43. The third-order valence-corrected chi connectivity index (χ3v) is 3.39. The van der Waals surface area contributed by atoms with Gasteiger partial charge in [0.15, 0.2) is 0 Å². The largest absolute Gasteiger partial charge is 0.355 e. The summed E-state index contributed by atoms with van der Waals surface area (Å²) >= 11 is 1.54. The van der Waals surface area contributed by atoms with Gasteiger partial charge in [0.1, 0.15) is 5.82 Å². The molecular formula is C14H22N2S. The first-order chi connectivity index (χ1) is 8.28. The van der Waals surface area contributed by atoms with Gasteiger partial charge in [-0.15, -0.1) is 0 Å². The van der Waals surface area contributed by atoms with Crippen molar-refractivity contribution in [1.29, 1.82) is 0 Å². The molecule has 1 aromatic rings. The molecule has 1 rings (SSSR count). The number of aromatic nitrogens is 1. The quantitative estimate of drug-likeness (QED) is 0.711. The van der Waals surface area contributed by atoms with Crippen molar-refractivity contribution in [1.82, 2.24) is 4.37 Å². The molecule has 0 bridgehead atoms. The highest BCUT2D eigenvalue weighted by Gasteiger charge is 2.14. The van der Waals surface area contributed by atoms with Crippen molar-refractivity contribution >= 4 is 29.5 Å². The highest BCUT2D eigenvalue weighted by molar-refractivity contribution is 7.07. The summed E-state index contributed by atoms with van der Waals surface area (Å²) in [5, 5.41) is 0. The van der Waals surface area contributed by atoms with E-state index in [0.29, 0.717) is 0 Å². The first-order valence-corrected chi connectivity index (χ1v) is 7.05. The predicted octanol–water partition coefficient (Wildman–Crippen LogP) is 4.45. The van der Waals surface area contributed by atoms with Gasteiger partial charge in [0, 0.05) is 18.7 Å². The lowest BCUT2D eigenvalue weighted by molar-refractivity contribution is 0.738. The van der Waals surface area contributed by atoms with Crippen LogP contribution in [0, 0.1) is 0 Å². The molecule has 0 saturated heterocycles. The Morgan fingerprint density at radius 2 is 1.94 bits per heavy atom. The second kappa shape index (κ2) is 7.28. The average molecular weight is 250 g/mol. The van der Waals surface area contributed by atoms with Crippen molar-refractivity contribution in [2.75, 3.05) is 18.0 Å². The molecule has 0 aliphatic heterocycles. The van der Waals surface area contributed by atoms with Crippen LogP contribution in [0.25, 0.3) is 12.2 Å². The fraction of sp³-hybridized carbons (Fsp3) is 0.500. The normalized spacial score (nSPS) is 11.0. The van der Waals surface area contributed by atoms with Gasteiger partial charge in [0.05, 0.1) is 4.88 Å². The number of allylic oxidation sites excluding steroid dienone is 1. The topological polar surface area (TPSA) is 16.1 Å². The molecule has 0 saturated carbocycles. The first-order valence-electron chi connectivity index (χ1n) is 6.28. The lowest BCUT2D eigenvalue weighted by Crippen LogP contribution is -2.25. The molecule has 3 heteroatoms. The number of hydrogen-bond donors (Lipinski definition) is 0. The van der Waals surface area contributed by atoms with Gasteiger partial charge < -0.3 is 4.90 Å². The summed E-state index contributed by atoms with van der Waals surface area (Å²) in [4.78, 5) is 3.54. The molecule has 94 valence electrons. The van der Waals surface area contributed by atoms with Gasteiger partial charge >= 0.3 is 0 Å². The zero-order valence-electron chi connectivity index (χ0n) is 11.1. The second-order valence-electron chi connectivity index (χ2n) is 3.98. The van der Waals surface area contributed by atoms with E-state index in [2.05, 4.69) is 41.9 Å². The predicted molar refractivity (Wildman–Crippen MR) is 79.7 cm³/mol. The van der Waals surface area contributed by atoms with Gasteiger partial charge in [-0.2, -0.15) is 4.37 Å². The summed E-state index contributed by atoms with van der Waals surface area (Å²) in [5.74, 6) is 1.12. The molecular weight excluding hydrogens is 228 g/mol. The van der Waals surface area contributed by atoms with Gasteiger partial charge in [-0.25, -0.2) is 0 Å². The molecule has 0 aliphatic rings. The van der Waals surface area contributed by atoms with E-state index in [0.717, 1.165) is 36.6 Å². The van der Waals surface area contributed by atoms with E-state index >= 15 is 0 Å². The van der Waals surface area contributed by atoms with E-state index in [1.807, 2.05) is 13.0 Å². The summed E-state index contributed by atoms with van der Waals surface area (Å²) < 4.78 is 4.59. The Morgan fingerprint density at radius 3 is 2.41 bits per heavy atom. The Labute approximate surface area is 109 Å². The Bertz CT molecular complexity index is 374. The van der Waals surface area contributed by atoms with E-state index in [1.54, 1.807) is 0 Å². The minimum Gasteiger partial charge on any atom is -0.355 e. The summed E-state index contributed by atoms with van der Waals surface area (Å²) in [6.07, 6.45) is 8.39. The Balaban J connectivity index is 3.08. The van der Waals surface area contributed by atoms with Crippen LogP contribution in [0.3, 0.4) is 0 Å². The molecule has 0 fully saturated rings. The van der Waals surface area contributed by atoms with Crippen LogP contribution in [0.15, 0.2) is 12.7 Å². The molecule has 0 aliphatic carbocycles. The van der Waals surface area contributed by atoms with E-state index in [-0.39, 0.29) is 0 Å². The van der Waals surface area contributed by atoms with Crippen LogP contribution in [0.1, 0.15) is 44.1 Å². The van der Waals surface area contributed by atoms with E-state index in [4.69, 9.17) is 0 Å². The number of anilines is 1. The smallest absolute Gasteiger partial charge is 0.150 e. The number of rotatable bonds is 7. The average Bonchev–Trinajstić information content (AvgIpc) is 2.72. The fourth-order valence-electron chi connectivity index (χ4n) is 1.86. The number of nitrogens with zero attached hydrogens (tertiary/aromatic N) is 2. The molecule has 0 spiro atoms. The molecule has 17 heavy (non-hydrogen) atoms. The lowest BCUT2D eigenvalue weighted by atomic mass is 10.2. The Kier molecular flexibility index (Phi) is 5.98. The molecule has 2 nitrogen and oxygen atoms in total. The van der Waals surface area contributed by atoms with Crippen molar-refractivity contribution in [3.8, 4) is 0 Å². The van der Waals surface area contributed by atoms with Crippen LogP contribution >= 0.6 is 11.5 Å². The maximum absolute atomic E-state index is 4.59. The molecule has 0 N–H and O–H groups in total. The molecule has 1 heterocycles. The molecule has 1 aromatic heterocycles. The standard InChI is InChI=1S/C14H22N2S/c1-5-9-12-13(8-4)17-15-14(12)16(10-6-2)11-7-3/h5,8-9H,4,6-7,10-11H2,1-3H3/b9-5-. The summed E-state index contributed by atoms with van der Waals surface area (Å²) in [5.41, 5.74) is 1.22. The van der Waals surface area contributed by atoms with E-state index in [9.17, 15) is 0 Å². The zero-order valence-corrected chi connectivity index (χ0v) is 11.9. The van der Waals surface area contributed by atoms with Crippen LogP contribution in [0.4, 0.5) is 5.82 Å². The van der Waals surface area contributed by atoms with Crippen LogP contribution in [-0.2, 0) is 0 Å². The van der Waals surface area contributed by atoms with Crippen molar-refractivity contribution in [2.24, 2.45) is 0 Å². The summed E-state index contributed by atoms with van der Waals surface area (Å²) in [7, 11) is 0.